The van der Waals surface area contributed by atoms with Gasteiger partial charge in [0.2, 0.25) is 0 Å². The molecule has 0 aliphatic heterocycles. The summed E-state index contributed by atoms with van der Waals surface area (Å²) >= 11 is 0. The van der Waals surface area contributed by atoms with Crippen LogP contribution in [0.2, 0.25) is 0 Å². The Bertz CT molecular complexity index is 585. The molecule has 0 spiro atoms. The van der Waals surface area contributed by atoms with Crippen LogP contribution in [0.5, 0.6) is 0 Å². The van der Waals surface area contributed by atoms with E-state index >= 15 is 0 Å². The van der Waals surface area contributed by atoms with Crippen molar-refractivity contribution in [1.82, 2.24) is 15.0 Å². The van der Waals surface area contributed by atoms with E-state index in [0.717, 1.165) is 11.3 Å². The van der Waals surface area contributed by atoms with Crippen LogP contribution in [0.25, 0.3) is 5.69 Å². The molecular formula is C14H17N3O2. The van der Waals surface area contributed by atoms with Crippen LogP contribution in [0.1, 0.15) is 35.6 Å². The number of rotatable bonds is 3. The van der Waals surface area contributed by atoms with Gasteiger partial charge in [-0.3, -0.25) is 0 Å². The number of hydrogen-bond donors (Lipinski definition) is 0. The van der Waals surface area contributed by atoms with E-state index in [1.54, 1.807) is 20.8 Å². The van der Waals surface area contributed by atoms with E-state index in [1.165, 1.54) is 4.80 Å². The van der Waals surface area contributed by atoms with E-state index in [2.05, 4.69) is 10.2 Å². The second-order valence-corrected chi connectivity index (χ2v) is 4.71. The molecule has 0 unspecified atom stereocenters. The zero-order valence-electron chi connectivity index (χ0n) is 11.5. The number of aromatic nitrogens is 3. The lowest BCUT2D eigenvalue weighted by atomic mass is 10.2. The van der Waals surface area contributed by atoms with Gasteiger partial charge in [-0.25, -0.2) is 4.79 Å². The average Bonchev–Trinajstić information content (AvgIpc) is 2.71. The summed E-state index contributed by atoms with van der Waals surface area (Å²) < 4.78 is 5.13. The van der Waals surface area contributed by atoms with Crippen molar-refractivity contribution in [3.63, 3.8) is 0 Å². The molecule has 19 heavy (non-hydrogen) atoms. The van der Waals surface area contributed by atoms with Gasteiger partial charge in [-0.1, -0.05) is 17.7 Å². The predicted molar refractivity (Wildman–Crippen MR) is 71.4 cm³/mol. The topological polar surface area (TPSA) is 57.0 Å². The highest BCUT2D eigenvalue weighted by molar-refractivity contribution is 5.88. The Balaban J connectivity index is 2.30. The number of hydrogen-bond acceptors (Lipinski definition) is 4. The zero-order chi connectivity index (χ0) is 14.0. The van der Waals surface area contributed by atoms with Gasteiger partial charge in [0.15, 0.2) is 5.69 Å². The van der Waals surface area contributed by atoms with E-state index in [4.69, 9.17) is 4.74 Å². The van der Waals surface area contributed by atoms with Crippen LogP contribution in [0, 0.1) is 13.8 Å². The Hall–Kier alpha value is -2.17. The molecule has 0 aliphatic rings. The molecule has 0 saturated heterocycles. The number of carbonyl (C=O) groups excluding carboxylic acids is 1. The fraction of sp³-hybridized carbons (Fsp3) is 0.357. The Morgan fingerprint density at radius 1 is 1.16 bits per heavy atom. The molecule has 0 fully saturated rings. The van der Waals surface area contributed by atoms with Crippen LogP contribution in [-0.4, -0.2) is 27.1 Å². The second kappa shape index (κ2) is 5.22. The summed E-state index contributed by atoms with van der Waals surface area (Å²) in [5, 5.41) is 8.44. The lowest BCUT2D eigenvalue weighted by Gasteiger charge is -2.05. The van der Waals surface area contributed by atoms with Gasteiger partial charge >= 0.3 is 5.97 Å². The molecule has 5 nitrogen and oxygen atoms in total. The minimum Gasteiger partial charge on any atom is -0.458 e. The second-order valence-electron chi connectivity index (χ2n) is 4.71. The van der Waals surface area contributed by atoms with Gasteiger partial charge in [0, 0.05) is 0 Å². The maximum Gasteiger partial charge on any atom is 0.361 e. The number of nitrogens with zero attached hydrogens (tertiary/aromatic N) is 3. The largest absolute Gasteiger partial charge is 0.458 e. The summed E-state index contributed by atoms with van der Waals surface area (Å²) in [5.74, 6) is -0.439. The van der Waals surface area contributed by atoms with E-state index in [1.807, 2.05) is 31.2 Å². The Morgan fingerprint density at radius 3 is 2.37 bits per heavy atom. The SMILES string of the molecule is Cc1ccc(-n2nc(C)c(C(=O)OC(C)C)n2)cc1. The highest BCUT2D eigenvalue weighted by atomic mass is 16.5. The number of aryl methyl sites for hydroxylation is 2. The third-order valence-electron chi connectivity index (χ3n) is 2.58. The normalized spacial score (nSPS) is 10.8. The van der Waals surface area contributed by atoms with E-state index in [9.17, 15) is 4.79 Å². The summed E-state index contributed by atoms with van der Waals surface area (Å²) in [7, 11) is 0. The first-order valence-electron chi connectivity index (χ1n) is 6.19. The summed E-state index contributed by atoms with van der Waals surface area (Å²) in [4.78, 5) is 13.3. The molecule has 0 radical (unpaired) electrons. The number of esters is 1. The molecule has 1 heterocycles. The molecule has 0 atom stereocenters. The molecule has 0 bridgehead atoms. The molecule has 5 heteroatoms. The summed E-state index contributed by atoms with van der Waals surface area (Å²) in [6, 6.07) is 7.76. The minimum atomic E-state index is -0.439. The smallest absolute Gasteiger partial charge is 0.361 e. The van der Waals surface area contributed by atoms with Gasteiger partial charge in [-0.15, -0.1) is 5.10 Å². The Labute approximate surface area is 112 Å². The molecule has 0 amide bonds. The van der Waals surface area contributed by atoms with Crippen LogP contribution >= 0.6 is 0 Å². The molecule has 2 aromatic rings. The lowest BCUT2D eigenvalue weighted by molar-refractivity contribution is 0.0369. The van der Waals surface area contributed by atoms with Crippen molar-refractivity contribution >= 4 is 5.97 Å². The fourth-order valence-electron chi connectivity index (χ4n) is 1.63. The molecule has 2 rings (SSSR count). The third-order valence-corrected chi connectivity index (χ3v) is 2.58. The first-order valence-corrected chi connectivity index (χ1v) is 6.19. The molecule has 1 aromatic heterocycles. The van der Waals surface area contributed by atoms with Crippen molar-refractivity contribution in [3.05, 3.63) is 41.2 Å². The maximum absolute atomic E-state index is 11.8. The van der Waals surface area contributed by atoms with E-state index in [0.29, 0.717) is 5.69 Å². The minimum absolute atomic E-state index is 0.170. The molecule has 0 aliphatic carbocycles. The van der Waals surface area contributed by atoms with Gasteiger partial charge < -0.3 is 4.74 Å². The van der Waals surface area contributed by atoms with Gasteiger partial charge in [0.05, 0.1) is 17.5 Å². The van der Waals surface area contributed by atoms with Crippen LogP contribution in [0.15, 0.2) is 24.3 Å². The predicted octanol–water partition coefficient (Wildman–Crippen LogP) is 2.45. The molecule has 0 N–H and O–H groups in total. The summed E-state index contributed by atoms with van der Waals surface area (Å²) in [6.45, 7) is 7.36. The van der Waals surface area contributed by atoms with Gasteiger partial charge in [-0.2, -0.15) is 9.90 Å². The Kier molecular flexibility index (Phi) is 3.64. The van der Waals surface area contributed by atoms with Crippen LogP contribution in [-0.2, 0) is 4.74 Å². The van der Waals surface area contributed by atoms with Crippen molar-refractivity contribution in [3.8, 4) is 5.69 Å². The zero-order valence-corrected chi connectivity index (χ0v) is 11.5. The highest BCUT2D eigenvalue weighted by Gasteiger charge is 2.18. The quantitative estimate of drug-likeness (QED) is 0.794. The number of carbonyl (C=O) groups is 1. The van der Waals surface area contributed by atoms with Gasteiger partial charge in [0.1, 0.15) is 0 Å². The molecule has 100 valence electrons. The van der Waals surface area contributed by atoms with Crippen molar-refractivity contribution in [1.29, 1.82) is 0 Å². The van der Waals surface area contributed by atoms with E-state index < -0.39 is 5.97 Å². The van der Waals surface area contributed by atoms with Crippen molar-refractivity contribution in [2.45, 2.75) is 33.8 Å². The molecular weight excluding hydrogens is 242 g/mol. The average molecular weight is 259 g/mol. The highest BCUT2D eigenvalue weighted by Crippen LogP contribution is 2.11. The van der Waals surface area contributed by atoms with Crippen molar-refractivity contribution in [2.24, 2.45) is 0 Å². The standard InChI is InChI=1S/C14H17N3O2/c1-9(2)19-14(18)13-11(4)15-17(16-13)12-7-5-10(3)6-8-12/h5-9H,1-4H3. The molecule has 0 saturated carbocycles. The lowest BCUT2D eigenvalue weighted by Crippen LogP contribution is -2.13. The first kappa shape index (κ1) is 13.3. The third kappa shape index (κ3) is 2.99. The van der Waals surface area contributed by atoms with Crippen molar-refractivity contribution in [2.75, 3.05) is 0 Å². The fourth-order valence-corrected chi connectivity index (χ4v) is 1.63. The van der Waals surface area contributed by atoms with Crippen molar-refractivity contribution < 1.29 is 9.53 Å². The van der Waals surface area contributed by atoms with Gasteiger partial charge in [0.25, 0.3) is 0 Å². The van der Waals surface area contributed by atoms with E-state index in [-0.39, 0.29) is 11.8 Å². The van der Waals surface area contributed by atoms with Crippen LogP contribution in [0.3, 0.4) is 0 Å². The van der Waals surface area contributed by atoms with Crippen LogP contribution in [0.4, 0.5) is 0 Å². The maximum atomic E-state index is 11.8. The molecule has 1 aromatic carbocycles. The summed E-state index contributed by atoms with van der Waals surface area (Å²) in [5.41, 5.74) is 2.80. The van der Waals surface area contributed by atoms with Gasteiger partial charge in [-0.05, 0) is 39.8 Å². The van der Waals surface area contributed by atoms with Crippen LogP contribution < -0.4 is 0 Å². The monoisotopic (exact) mass is 259 g/mol. The summed E-state index contributed by atoms with van der Waals surface area (Å²) in [6.07, 6.45) is -0.170. The number of ether oxygens (including phenoxy) is 1. The Morgan fingerprint density at radius 2 is 1.79 bits per heavy atom. The number of benzene rings is 1. The first-order chi connectivity index (χ1) is 8.97.